The zero-order valence-corrected chi connectivity index (χ0v) is 16.7. The van der Waals surface area contributed by atoms with Crippen molar-refractivity contribution in [3.8, 4) is 0 Å². The summed E-state index contributed by atoms with van der Waals surface area (Å²) in [5, 5.41) is 6.49. The van der Waals surface area contributed by atoms with E-state index in [0.717, 1.165) is 11.3 Å². The van der Waals surface area contributed by atoms with E-state index in [1.165, 1.54) is 12.1 Å². The molecule has 1 unspecified atom stereocenters. The van der Waals surface area contributed by atoms with Crippen molar-refractivity contribution in [3.05, 3.63) is 65.2 Å². The van der Waals surface area contributed by atoms with E-state index in [2.05, 4.69) is 14.8 Å². The second kappa shape index (κ2) is 8.10. The van der Waals surface area contributed by atoms with Crippen LogP contribution in [0.2, 0.25) is 5.02 Å². The molecule has 2 aromatic rings. The van der Waals surface area contributed by atoms with Gasteiger partial charge in [0.25, 0.3) is 10.0 Å². The number of hydrogen-bond donors (Lipinski definition) is 1. The molecule has 0 saturated carbocycles. The Kier molecular flexibility index (Phi) is 5.82. The molecule has 3 rings (SSSR count). The molecule has 2 aromatic carbocycles. The van der Waals surface area contributed by atoms with Crippen molar-refractivity contribution in [1.29, 1.82) is 0 Å². The highest BCUT2D eigenvalue weighted by molar-refractivity contribution is 7.90. The number of aliphatic imine (C=N–C) groups is 1. The second-order valence-corrected chi connectivity index (χ2v) is 8.27. The van der Waals surface area contributed by atoms with E-state index in [-0.39, 0.29) is 16.8 Å². The summed E-state index contributed by atoms with van der Waals surface area (Å²) in [6.07, 6.45) is 0. The lowest BCUT2D eigenvalue weighted by atomic mass is 9.96. The topological polar surface area (TPSA) is 74.1 Å². The average molecular weight is 405 g/mol. The molecule has 0 radical (unpaired) electrons. The van der Waals surface area contributed by atoms with Crippen molar-refractivity contribution in [1.82, 2.24) is 9.73 Å². The van der Waals surface area contributed by atoms with E-state index >= 15 is 0 Å². The number of nitrogens with one attached hydrogen (secondary N) is 1. The van der Waals surface area contributed by atoms with Crippen LogP contribution in [0.5, 0.6) is 0 Å². The Bertz CT molecular complexity index is 974. The molecule has 0 fully saturated rings. The first-order valence-electron chi connectivity index (χ1n) is 8.61. The fraction of sp³-hybridized carbons (Fsp3) is 0.263. The summed E-state index contributed by atoms with van der Waals surface area (Å²) >= 11 is 5.93. The van der Waals surface area contributed by atoms with Crippen molar-refractivity contribution in [2.24, 2.45) is 10.1 Å². The number of rotatable bonds is 4. The number of nitrogens with zero attached hydrogens (tertiary/aromatic N) is 3. The first-order chi connectivity index (χ1) is 12.9. The minimum Gasteiger partial charge on any atom is -0.251 e. The number of halogens is 1. The number of benzene rings is 2. The molecule has 0 saturated heterocycles. The molecule has 1 aliphatic rings. The van der Waals surface area contributed by atoms with Gasteiger partial charge in [0.1, 0.15) is 0 Å². The molecular weight excluding hydrogens is 384 g/mol. The molecule has 0 aromatic heterocycles. The SMILES string of the molecule is CCN=C(NS(=O)(=O)c1cccc(Cl)c1)N1CC(c2ccccc2)C(C)=N1. The Morgan fingerprint density at radius 2 is 2.00 bits per heavy atom. The van der Waals surface area contributed by atoms with Gasteiger partial charge in [-0.25, -0.2) is 18.1 Å². The summed E-state index contributed by atoms with van der Waals surface area (Å²) in [5.74, 6) is 0.291. The Morgan fingerprint density at radius 3 is 2.67 bits per heavy atom. The van der Waals surface area contributed by atoms with Crippen LogP contribution in [0.1, 0.15) is 25.3 Å². The van der Waals surface area contributed by atoms with Gasteiger partial charge in [-0.2, -0.15) is 5.10 Å². The summed E-state index contributed by atoms with van der Waals surface area (Å²) in [6, 6.07) is 16.1. The summed E-state index contributed by atoms with van der Waals surface area (Å²) < 4.78 is 28.0. The van der Waals surface area contributed by atoms with Crippen molar-refractivity contribution in [3.63, 3.8) is 0 Å². The third-order valence-electron chi connectivity index (χ3n) is 4.22. The van der Waals surface area contributed by atoms with Gasteiger partial charge in [-0.15, -0.1) is 0 Å². The smallest absolute Gasteiger partial charge is 0.251 e. The third-order valence-corrected chi connectivity index (χ3v) is 5.79. The van der Waals surface area contributed by atoms with Crippen molar-refractivity contribution in [2.45, 2.75) is 24.7 Å². The van der Waals surface area contributed by atoms with Crippen LogP contribution in [-0.2, 0) is 10.0 Å². The molecular formula is C19H21ClN4O2S. The fourth-order valence-corrected chi connectivity index (χ4v) is 4.22. The van der Waals surface area contributed by atoms with Gasteiger partial charge in [-0.3, -0.25) is 4.99 Å². The van der Waals surface area contributed by atoms with E-state index in [9.17, 15) is 8.42 Å². The Morgan fingerprint density at radius 1 is 1.26 bits per heavy atom. The van der Waals surface area contributed by atoms with Crippen LogP contribution in [0.4, 0.5) is 0 Å². The standard InChI is InChI=1S/C19H21ClN4O2S/c1-3-21-19(23-27(25,26)17-11-7-10-16(20)12-17)24-13-18(14(2)22-24)15-8-5-4-6-9-15/h4-12,18H,3,13H2,1-2H3,(H,21,23). The monoisotopic (exact) mass is 404 g/mol. The molecule has 27 heavy (non-hydrogen) atoms. The van der Waals surface area contributed by atoms with Gasteiger partial charge in [0, 0.05) is 23.2 Å². The zero-order chi connectivity index (χ0) is 19.4. The lowest BCUT2D eigenvalue weighted by molar-refractivity contribution is 0.461. The first-order valence-corrected chi connectivity index (χ1v) is 10.5. The molecule has 0 bridgehead atoms. The molecule has 1 atom stereocenters. The highest BCUT2D eigenvalue weighted by atomic mass is 35.5. The molecule has 0 amide bonds. The Hall–Kier alpha value is -2.38. The lowest BCUT2D eigenvalue weighted by Gasteiger charge is -2.19. The van der Waals surface area contributed by atoms with E-state index in [0.29, 0.717) is 18.1 Å². The quantitative estimate of drug-likeness (QED) is 0.626. The van der Waals surface area contributed by atoms with Crippen LogP contribution in [0.25, 0.3) is 0 Å². The van der Waals surface area contributed by atoms with Crippen LogP contribution in [-0.4, -0.2) is 38.2 Å². The van der Waals surface area contributed by atoms with Crippen LogP contribution in [0.3, 0.4) is 0 Å². The summed E-state index contributed by atoms with van der Waals surface area (Å²) in [4.78, 5) is 4.40. The summed E-state index contributed by atoms with van der Waals surface area (Å²) in [7, 11) is -3.82. The molecule has 0 spiro atoms. The maximum absolute atomic E-state index is 12.7. The van der Waals surface area contributed by atoms with E-state index in [4.69, 9.17) is 11.6 Å². The highest BCUT2D eigenvalue weighted by Gasteiger charge is 2.30. The van der Waals surface area contributed by atoms with E-state index in [1.54, 1.807) is 17.1 Å². The number of hydrazone groups is 1. The average Bonchev–Trinajstić information content (AvgIpc) is 3.04. The molecule has 0 aliphatic carbocycles. The van der Waals surface area contributed by atoms with Crippen molar-refractivity contribution < 1.29 is 8.42 Å². The fourth-order valence-electron chi connectivity index (χ4n) is 2.90. The first kappa shape index (κ1) is 19.4. The van der Waals surface area contributed by atoms with E-state index < -0.39 is 10.0 Å². The van der Waals surface area contributed by atoms with Crippen LogP contribution >= 0.6 is 11.6 Å². The number of guanidine groups is 1. The van der Waals surface area contributed by atoms with E-state index in [1.807, 2.05) is 44.2 Å². The van der Waals surface area contributed by atoms with Crippen LogP contribution < -0.4 is 4.72 Å². The van der Waals surface area contributed by atoms with Gasteiger partial charge < -0.3 is 0 Å². The minimum absolute atomic E-state index is 0.0818. The van der Waals surface area contributed by atoms with Gasteiger partial charge in [-0.05, 0) is 37.6 Å². The number of hydrogen-bond acceptors (Lipinski definition) is 4. The van der Waals surface area contributed by atoms with Gasteiger partial charge in [0.05, 0.1) is 11.4 Å². The number of sulfonamides is 1. The molecule has 1 N–H and O–H groups in total. The maximum Gasteiger partial charge on any atom is 0.264 e. The second-order valence-electron chi connectivity index (χ2n) is 6.15. The Labute approximate surface area is 164 Å². The van der Waals surface area contributed by atoms with Crippen LogP contribution in [0.15, 0.2) is 69.6 Å². The molecule has 1 heterocycles. The Balaban J connectivity index is 1.84. The van der Waals surface area contributed by atoms with Gasteiger partial charge >= 0.3 is 0 Å². The third kappa shape index (κ3) is 4.48. The summed E-state index contributed by atoms with van der Waals surface area (Å²) in [5.41, 5.74) is 2.04. The van der Waals surface area contributed by atoms with Gasteiger partial charge in [-0.1, -0.05) is 48.0 Å². The van der Waals surface area contributed by atoms with Gasteiger partial charge in [0.15, 0.2) is 0 Å². The minimum atomic E-state index is -3.82. The maximum atomic E-state index is 12.7. The lowest BCUT2D eigenvalue weighted by Crippen LogP contribution is -2.41. The molecule has 8 heteroatoms. The summed E-state index contributed by atoms with van der Waals surface area (Å²) in [6.45, 7) is 4.73. The molecule has 1 aliphatic heterocycles. The molecule has 6 nitrogen and oxygen atoms in total. The molecule has 142 valence electrons. The highest BCUT2D eigenvalue weighted by Crippen LogP contribution is 2.25. The van der Waals surface area contributed by atoms with Crippen LogP contribution in [0, 0.1) is 0 Å². The predicted molar refractivity (Wildman–Crippen MR) is 109 cm³/mol. The normalized spacial score (nSPS) is 17.7. The largest absolute Gasteiger partial charge is 0.264 e. The van der Waals surface area contributed by atoms with Crippen molar-refractivity contribution >= 4 is 33.3 Å². The van der Waals surface area contributed by atoms with Gasteiger partial charge in [0.2, 0.25) is 5.96 Å². The zero-order valence-electron chi connectivity index (χ0n) is 15.1. The van der Waals surface area contributed by atoms with Crippen molar-refractivity contribution in [2.75, 3.05) is 13.1 Å². The predicted octanol–water partition coefficient (Wildman–Crippen LogP) is 3.47.